The second-order valence-corrected chi connectivity index (χ2v) is 6.07. The molecule has 1 aromatic heterocycles. The first-order chi connectivity index (χ1) is 11.5. The number of amides is 1. The lowest BCUT2D eigenvalue weighted by Crippen LogP contribution is -2.13. The lowest BCUT2D eigenvalue weighted by molar-refractivity contribution is -0.385. The highest BCUT2D eigenvalue weighted by atomic mass is 35.5. The number of nitrogens with one attached hydrogen (secondary N) is 1. The Morgan fingerprint density at radius 3 is 2.62 bits per heavy atom. The van der Waals surface area contributed by atoms with E-state index in [4.69, 9.17) is 11.6 Å². The van der Waals surface area contributed by atoms with Crippen LogP contribution in [0.2, 0.25) is 5.02 Å². The van der Waals surface area contributed by atoms with E-state index in [1.807, 2.05) is 30.3 Å². The average molecular weight is 361 g/mol. The Kier molecular flexibility index (Phi) is 4.50. The Morgan fingerprint density at radius 2 is 1.92 bits per heavy atom. The molecule has 0 radical (unpaired) electrons. The molecule has 0 fully saturated rings. The Morgan fingerprint density at radius 1 is 1.17 bits per heavy atom. The molecule has 120 valence electrons. The number of anilines is 1. The van der Waals surface area contributed by atoms with Gasteiger partial charge in [-0.3, -0.25) is 20.2 Å². The Labute approximate surface area is 145 Å². The van der Waals surface area contributed by atoms with Crippen molar-refractivity contribution in [2.75, 3.05) is 5.32 Å². The van der Waals surface area contributed by atoms with Gasteiger partial charge < -0.3 is 0 Å². The third kappa shape index (κ3) is 3.39. The van der Waals surface area contributed by atoms with Crippen molar-refractivity contribution in [1.82, 2.24) is 10.2 Å². The van der Waals surface area contributed by atoms with Crippen LogP contribution in [0, 0.1) is 10.1 Å². The van der Waals surface area contributed by atoms with Crippen molar-refractivity contribution in [3.63, 3.8) is 0 Å². The van der Waals surface area contributed by atoms with Crippen molar-refractivity contribution in [1.29, 1.82) is 0 Å². The Balaban J connectivity index is 1.85. The summed E-state index contributed by atoms with van der Waals surface area (Å²) in [6, 6.07) is 13.1. The van der Waals surface area contributed by atoms with Crippen molar-refractivity contribution in [2.24, 2.45) is 0 Å². The number of rotatable bonds is 4. The van der Waals surface area contributed by atoms with Gasteiger partial charge in [-0.1, -0.05) is 53.3 Å². The largest absolute Gasteiger partial charge is 0.296 e. The molecule has 1 N–H and O–H groups in total. The van der Waals surface area contributed by atoms with Gasteiger partial charge in [0.1, 0.15) is 10.6 Å². The summed E-state index contributed by atoms with van der Waals surface area (Å²) in [6.07, 6.45) is 0. The molecule has 1 amide bonds. The van der Waals surface area contributed by atoms with Crippen molar-refractivity contribution in [3.05, 3.63) is 69.2 Å². The van der Waals surface area contributed by atoms with E-state index in [1.54, 1.807) is 0 Å². The average Bonchev–Trinajstić information content (AvgIpc) is 3.03. The minimum atomic E-state index is -0.667. The molecule has 0 aliphatic carbocycles. The summed E-state index contributed by atoms with van der Waals surface area (Å²) < 4.78 is 0. The van der Waals surface area contributed by atoms with Gasteiger partial charge in [0, 0.05) is 16.7 Å². The van der Waals surface area contributed by atoms with E-state index in [-0.39, 0.29) is 21.4 Å². The molecule has 0 saturated carbocycles. The maximum Gasteiger partial charge on any atom is 0.282 e. The van der Waals surface area contributed by atoms with Gasteiger partial charge in [-0.2, -0.15) is 0 Å². The molecule has 0 atom stereocenters. The van der Waals surface area contributed by atoms with E-state index in [1.165, 1.54) is 29.5 Å². The van der Waals surface area contributed by atoms with Crippen molar-refractivity contribution in [3.8, 4) is 10.6 Å². The van der Waals surface area contributed by atoms with Crippen molar-refractivity contribution in [2.45, 2.75) is 0 Å². The maximum atomic E-state index is 12.3. The molecule has 2 aromatic carbocycles. The van der Waals surface area contributed by atoms with Crippen LogP contribution >= 0.6 is 22.9 Å². The number of carbonyl (C=O) groups is 1. The second-order valence-electron chi connectivity index (χ2n) is 4.65. The van der Waals surface area contributed by atoms with E-state index >= 15 is 0 Å². The minimum absolute atomic E-state index is 0.135. The summed E-state index contributed by atoms with van der Waals surface area (Å²) >= 11 is 7.00. The predicted molar refractivity (Wildman–Crippen MR) is 91.4 cm³/mol. The van der Waals surface area contributed by atoms with Crippen LogP contribution < -0.4 is 5.32 Å². The summed E-state index contributed by atoms with van der Waals surface area (Å²) in [7, 11) is 0. The van der Waals surface area contributed by atoms with Gasteiger partial charge in [0.15, 0.2) is 0 Å². The number of nitro groups is 1. The van der Waals surface area contributed by atoms with E-state index < -0.39 is 10.8 Å². The molecule has 0 saturated heterocycles. The SMILES string of the molecule is O=C(Nc1nnc(-c2ccccc2)s1)c1cc(Cl)ccc1[N+](=O)[O-]. The number of hydrogen-bond acceptors (Lipinski definition) is 6. The monoisotopic (exact) mass is 360 g/mol. The summed E-state index contributed by atoms with van der Waals surface area (Å²) in [5.41, 5.74) is 0.401. The van der Waals surface area contributed by atoms with Crippen LogP contribution in [-0.4, -0.2) is 21.0 Å². The molecule has 0 unspecified atom stereocenters. The van der Waals surface area contributed by atoms with Gasteiger partial charge in [0.2, 0.25) is 5.13 Å². The van der Waals surface area contributed by atoms with Crippen LogP contribution in [-0.2, 0) is 0 Å². The fourth-order valence-corrected chi connectivity index (χ4v) is 2.90. The minimum Gasteiger partial charge on any atom is -0.296 e. The number of nitrogens with zero attached hydrogens (tertiary/aromatic N) is 3. The number of benzene rings is 2. The summed E-state index contributed by atoms with van der Waals surface area (Å²) in [5.74, 6) is -0.667. The molecule has 3 rings (SSSR count). The fraction of sp³-hybridized carbons (Fsp3) is 0. The summed E-state index contributed by atoms with van der Waals surface area (Å²) in [6.45, 7) is 0. The van der Waals surface area contributed by atoms with Gasteiger partial charge in [0.25, 0.3) is 11.6 Å². The van der Waals surface area contributed by atoms with Gasteiger partial charge in [-0.15, -0.1) is 10.2 Å². The van der Waals surface area contributed by atoms with Crippen molar-refractivity contribution >= 4 is 39.7 Å². The molecule has 1 heterocycles. The first kappa shape index (κ1) is 16.0. The van der Waals surface area contributed by atoms with Gasteiger partial charge in [-0.05, 0) is 12.1 Å². The number of halogens is 1. The standard InChI is InChI=1S/C15H9ClN4O3S/c16-10-6-7-12(20(22)23)11(8-10)13(21)17-15-19-18-14(24-15)9-4-2-1-3-5-9/h1-8H,(H,17,19,21). The quantitative estimate of drug-likeness (QED) is 0.559. The predicted octanol–water partition coefficient (Wildman–Crippen LogP) is 4.02. The normalized spacial score (nSPS) is 10.4. The Bertz CT molecular complexity index is 914. The molecule has 0 bridgehead atoms. The molecule has 0 aliphatic rings. The lowest BCUT2D eigenvalue weighted by Gasteiger charge is -2.03. The topological polar surface area (TPSA) is 98.0 Å². The number of aromatic nitrogens is 2. The zero-order valence-corrected chi connectivity index (χ0v) is 13.5. The van der Waals surface area contributed by atoms with E-state index in [0.717, 1.165) is 5.56 Å². The molecule has 3 aromatic rings. The smallest absolute Gasteiger partial charge is 0.282 e. The van der Waals surface area contributed by atoms with E-state index in [9.17, 15) is 14.9 Å². The van der Waals surface area contributed by atoms with Crippen LogP contribution in [0.15, 0.2) is 48.5 Å². The van der Waals surface area contributed by atoms with Gasteiger partial charge in [0.05, 0.1) is 4.92 Å². The second kappa shape index (κ2) is 6.73. The highest BCUT2D eigenvalue weighted by Crippen LogP contribution is 2.28. The molecular formula is C15H9ClN4O3S. The zero-order valence-electron chi connectivity index (χ0n) is 12.0. The first-order valence-electron chi connectivity index (χ1n) is 6.69. The summed E-state index contributed by atoms with van der Waals surface area (Å²) in [5, 5.41) is 22.5. The van der Waals surface area contributed by atoms with Crippen LogP contribution in [0.5, 0.6) is 0 Å². The number of carbonyl (C=O) groups excluding carboxylic acids is 1. The highest BCUT2D eigenvalue weighted by Gasteiger charge is 2.21. The third-order valence-corrected chi connectivity index (χ3v) is 4.19. The number of nitro benzene ring substituents is 1. The molecule has 0 spiro atoms. The molecule has 9 heteroatoms. The highest BCUT2D eigenvalue weighted by molar-refractivity contribution is 7.18. The van der Waals surface area contributed by atoms with E-state index in [2.05, 4.69) is 15.5 Å². The Hall–Kier alpha value is -2.84. The molecule has 24 heavy (non-hydrogen) atoms. The van der Waals surface area contributed by atoms with Crippen LogP contribution in [0.3, 0.4) is 0 Å². The van der Waals surface area contributed by atoms with Gasteiger partial charge in [-0.25, -0.2) is 0 Å². The van der Waals surface area contributed by atoms with Crippen LogP contribution in [0.4, 0.5) is 10.8 Å². The first-order valence-corrected chi connectivity index (χ1v) is 7.88. The van der Waals surface area contributed by atoms with Crippen LogP contribution in [0.1, 0.15) is 10.4 Å². The molecule has 0 aliphatic heterocycles. The molecular weight excluding hydrogens is 352 g/mol. The number of hydrogen-bond donors (Lipinski definition) is 1. The van der Waals surface area contributed by atoms with Crippen LogP contribution in [0.25, 0.3) is 10.6 Å². The van der Waals surface area contributed by atoms with E-state index in [0.29, 0.717) is 5.01 Å². The fourth-order valence-electron chi connectivity index (χ4n) is 1.98. The van der Waals surface area contributed by atoms with Gasteiger partial charge >= 0.3 is 0 Å². The summed E-state index contributed by atoms with van der Waals surface area (Å²) in [4.78, 5) is 22.7. The lowest BCUT2D eigenvalue weighted by atomic mass is 10.1. The van der Waals surface area contributed by atoms with Crippen molar-refractivity contribution < 1.29 is 9.72 Å². The molecule has 7 nitrogen and oxygen atoms in total. The maximum absolute atomic E-state index is 12.3. The third-order valence-electron chi connectivity index (χ3n) is 3.07. The zero-order chi connectivity index (χ0) is 17.1.